The number of carbonyl (C=O) groups is 1. The molecule has 114 valence electrons. The molecule has 2 aromatic carbocycles. The summed E-state index contributed by atoms with van der Waals surface area (Å²) in [6.07, 6.45) is 1.76. The number of aryl methyl sites for hydroxylation is 1. The van der Waals surface area contributed by atoms with E-state index < -0.39 is 0 Å². The van der Waals surface area contributed by atoms with Crippen molar-refractivity contribution in [3.8, 4) is 0 Å². The monoisotopic (exact) mass is 305 g/mol. The van der Waals surface area contributed by atoms with E-state index in [-0.39, 0.29) is 11.5 Å². The molecule has 1 amide bonds. The van der Waals surface area contributed by atoms with Crippen LogP contribution in [0, 0.1) is 0 Å². The second-order valence-electron chi connectivity index (χ2n) is 5.64. The number of nitrogens with zero attached hydrogens (tertiary/aromatic N) is 2. The number of hydrogen-bond acceptors (Lipinski definition) is 3. The molecule has 1 aromatic heterocycles. The minimum atomic E-state index is -0.208. The van der Waals surface area contributed by atoms with E-state index in [1.165, 1.54) is 0 Å². The summed E-state index contributed by atoms with van der Waals surface area (Å²) in [6.45, 7) is 0.730. The van der Waals surface area contributed by atoms with Crippen LogP contribution in [-0.2, 0) is 13.0 Å². The Morgan fingerprint density at radius 1 is 1.13 bits per heavy atom. The smallest absolute Gasteiger partial charge is 0.261 e. The first-order valence-electron chi connectivity index (χ1n) is 7.62. The summed E-state index contributed by atoms with van der Waals surface area (Å²) in [7, 11) is 0. The second-order valence-corrected chi connectivity index (χ2v) is 5.64. The number of amides is 1. The summed E-state index contributed by atoms with van der Waals surface area (Å²) in [4.78, 5) is 29.3. The van der Waals surface area contributed by atoms with Crippen molar-refractivity contribution in [1.29, 1.82) is 0 Å². The van der Waals surface area contributed by atoms with Gasteiger partial charge in [0.05, 0.1) is 10.9 Å². The van der Waals surface area contributed by atoms with Crippen LogP contribution in [-0.4, -0.2) is 15.5 Å². The molecule has 1 aliphatic rings. The van der Waals surface area contributed by atoms with Crippen molar-refractivity contribution in [1.82, 2.24) is 9.55 Å². The average Bonchev–Trinajstić information content (AvgIpc) is 3.04. The number of nitrogens with one attached hydrogen (secondary N) is 1. The van der Waals surface area contributed by atoms with Gasteiger partial charge >= 0.3 is 0 Å². The summed E-state index contributed by atoms with van der Waals surface area (Å²) in [5.41, 5.74) is 1.80. The molecule has 0 aliphatic carbocycles. The Balaban J connectivity index is 1.73. The van der Waals surface area contributed by atoms with Gasteiger partial charge in [0.2, 0.25) is 0 Å². The fraction of sp³-hybridized carbons (Fsp3) is 0.167. The second kappa shape index (κ2) is 5.35. The molecule has 0 atom stereocenters. The maximum atomic E-state index is 12.4. The molecule has 0 bridgehead atoms. The van der Waals surface area contributed by atoms with Gasteiger partial charge in [-0.15, -0.1) is 0 Å². The molecule has 4 rings (SSSR count). The van der Waals surface area contributed by atoms with E-state index in [1.807, 2.05) is 30.3 Å². The molecule has 3 aromatic rings. The maximum absolute atomic E-state index is 12.4. The molecule has 5 nitrogen and oxygen atoms in total. The van der Waals surface area contributed by atoms with Crippen LogP contribution in [0.25, 0.3) is 10.9 Å². The van der Waals surface area contributed by atoms with Gasteiger partial charge in [-0.3, -0.25) is 14.2 Å². The van der Waals surface area contributed by atoms with Crippen LogP contribution in [0.15, 0.2) is 53.3 Å². The molecule has 0 saturated heterocycles. The number of para-hydroxylation sites is 1. The van der Waals surface area contributed by atoms with Gasteiger partial charge in [0.15, 0.2) is 0 Å². The van der Waals surface area contributed by atoms with Crippen LogP contribution < -0.4 is 10.9 Å². The molecule has 1 aliphatic heterocycles. The number of rotatable bonds is 2. The van der Waals surface area contributed by atoms with E-state index in [0.717, 1.165) is 30.9 Å². The van der Waals surface area contributed by atoms with Crippen molar-refractivity contribution in [3.05, 3.63) is 70.3 Å². The zero-order chi connectivity index (χ0) is 15.8. The van der Waals surface area contributed by atoms with Crippen LogP contribution >= 0.6 is 0 Å². The molecule has 1 N–H and O–H groups in total. The molecule has 0 unspecified atom stereocenters. The Morgan fingerprint density at radius 3 is 2.78 bits per heavy atom. The topological polar surface area (TPSA) is 64.0 Å². The Labute approximate surface area is 132 Å². The SMILES string of the molecule is O=C(Nc1ccccc1)c1ccc2c(=O)n3c(nc2c1)CCC3. The van der Waals surface area contributed by atoms with Crippen molar-refractivity contribution in [2.45, 2.75) is 19.4 Å². The predicted octanol–water partition coefficient (Wildman–Crippen LogP) is 2.60. The van der Waals surface area contributed by atoms with Crippen molar-refractivity contribution in [2.75, 3.05) is 5.32 Å². The zero-order valence-electron chi connectivity index (χ0n) is 12.5. The first-order chi connectivity index (χ1) is 11.2. The minimum absolute atomic E-state index is 0.0162. The fourth-order valence-corrected chi connectivity index (χ4v) is 2.95. The molecular formula is C18H15N3O2. The van der Waals surface area contributed by atoms with Crippen LogP contribution in [0.3, 0.4) is 0 Å². The number of carbonyl (C=O) groups excluding carboxylic acids is 1. The lowest BCUT2D eigenvalue weighted by Crippen LogP contribution is -2.21. The lowest BCUT2D eigenvalue weighted by Gasteiger charge is -2.08. The number of benzene rings is 2. The van der Waals surface area contributed by atoms with E-state index in [2.05, 4.69) is 10.3 Å². The first kappa shape index (κ1) is 13.7. The predicted molar refractivity (Wildman–Crippen MR) is 88.7 cm³/mol. The molecule has 0 spiro atoms. The lowest BCUT2D eigenvalue weighted by molar-refractivity contribution is 0.102. The van der Waals surface area contributed by atoms with Gasteiger partial charge in [0.25, 0.3) is 11.5 Å². The van der Waals surface area contributed by atoms with Gasteiger partial charge in [0, 0.05) is 24.2 Å². The van der Waals surface area contributed by atoms with Crippen molar-refractivity contribution < 1.29 is 4.79 Å². The largest absolute Gasteiger partial charge is 0.322 e. The summed E-state index contributed by atoms with van der Waals surface area (Å²) < 4.78 is 1.73. The summed E-state index contributed by atoms with van der Waals surface area (Å²) in [5, 5.41) is 3.40. The standard InChI is InChI=1S/C18H15N3O2/c22-17(19-13-5-2-1-3-6-13)12-8-9-14-15(11-12)20-16-7-4-10-21(16)18(14)23/h1-3,5-6,8-9,11H,4,7,10H2,(H,19,22). The third-order valence-corrected chi connectivity index (χ3v) is 4.11. The van der Waals surface area contributed by atoms with Gasteiger partial charge in [-0.1, -0.05) is 18.2 Å². The summed E-state index contributed by atoms with van der Waals surface area (Å²) in [6, 6.07) is 14.3. The molecule has 2 heterocycles. The Kier molecular flexibility index (Phi) is 3.19. The highest BCUT2D eigenvalue weighted by molar-refractivity contribution is 6.06. The van der Waals surface area contributed by atoms with Crippen molar-refractivity contribution >= 4 is 22.5 Å². The number of fused-ring (bicyclic) bond motifs is 2. The minimum Gasteiger partial charge on any atom is -0.322 e. The highest BCUT2D eigenvalue weighted by Gasteiger charge is 2.17. The van der Waals surface area contributed by atoms with E-state index in [4.69, 9.17) is 0 Å². The van der Waals surface area contributed by atoms with Crippen LogP contribution in [0.1, 0.15) is 22.6 Å². The molecular weight excluding hydrogens is 290 g/mol. The molecule has 0 fully saturated rings. The van der Waals surface area contributed by atoms with Gasteiger partial charge < -0.3 is 5.32 Å². The normalized spacial score (nSPS) is 13.0. The highest BCUT2D eigenvalue weighted by atomic mass is 16.1. The van der Waals surface area contributed by atoms with Gasteiger partial charge in [0.1, 0.15) is 5.82 Å². The van der Waals surface area contributed by atoms with E-state index >= 15 is 0 Å². The average molecular weight is 305 g/mol. The molecule has 0 saturated carbocycles. The summed E-state index contributed by atoms with van der Waals surface area (Å²) in [5.74, 6) is 0.601. The van der Waals surface area contributed by atoms with Crippen molar-refractivity contribution in [3.63, 3.8) is 0 Å². The lowest BCUT2D eigenvalue weighted by atomic mass is 10.1. The Bertz CT molecular complexity index is 961. The van der Waals surface area contributed by atoms with Crippen LogP contribution in [0.2, 0.25) is 0 Å². The van der Waals surface area contributed by atoms with E-state index in [0.29, 0.717) is 16.5 Å². The van der Waals surface area contributed by atoms with Crippen LogP contribution in [0.5, 0.6) is 0 Å². The number of aromatic nitrogens is 2. The Morgan fingerprint density at radius 2 is 1.96 bits per heavy atom. The third kappa shape index (κ3) is 2.40. The summed E-state index contributed by atoms with van der Waals surface area (Å²) >= 11 is 0. The quantitative estimate of drug-likeness (QED) is 0.791. The number of anilines is 1. The number of hydrogen-bond donors (Lipinski definition) is 1. The zero-order valence-corrected chi connectivity index (χ0v) is 12.5. The van der Waals surface area contributed by atoms with Crippen LogP contribution in [0.4, 0.5) is 5.69 Å². The van der Waals surface area contributed by atoms with Gasteiger partial charge in [-0.2, -0.15) is 0 Å². The highest BCUT2D eigenvalue weighted by Crippen LogP contribution is 2.17. The van der Waals surface area contributed by atoms with Gasteiger partial charge in [-0.05, 0) is 36.8 Å². The first-order valence-corrected chi connectivity index (χ1v) is 7.62. The maximum Gasteiger partial charge on any atom is 0.261 e. The molecule has 0 radical (unpaired) electrons. The molecule has 5 heteroatoms. The van der Waals surface area contributed by atoms with Gasteiger partial charge in [-0.25, -0.2) is 4.98 Å². The van der Waals surface area contributed by atoms with E-state index in [9.17, 15) is 9.59 Å². The Hall–Kier alpha value is -2.95. The van der Waals surface area contributed by atoms with Crippen molar-refractivity contribution in [2.24, 2.45) is 0 Å². The molecule has 23 heavy (non-hydrogen) atoms. The fourth-order valence-electron chi connectivity index (χ4n) is 2.95. The third-order valence-electron chi connectivity index (χ3n) is 4.11. The van der Waals surface area contributed by atoms with E-state index in [1.54, 1.807) is 22.8 Å².